The number of amides is 1. The van der Waals surface area contributed by atoms with Crippen molar-refractivity contribution in [2.45, 2.75) is 12.5 Å². The Labute approximate surface area is 65.9 Å². The second-order valence-corrected chi connectivity index (χ2v) is 3.11. The first kappa shape index (κ1) is 6.85. The zero-order valence-electron chi connectivity index (χ0n) is 6.36. The molecule has 11 heavy (non-hydrogen) atoms. The van der Waals surface area contributed by atoms with Crippen molar-refractivity contribution in [3.8, 4) is 0 Å². The van der Waals surface area contributed by atoms with Gasteiger partial charge in [-0.2, -0.15) is 0 Å². The minimum absolute atomic E-state index is 0.173. The van der Waals surface area contributed by atoms with Gasteiger partial charge in [-0.15, -0.1) is 0 Å². The van der Waals surface area contributed by atoms with Crippen LogP contribution in [0.15, 0.2) is 12.2 Å². The van der Waals surface area contributed by atoms with E-state index in [1.165, 1.54) is 0 Å². The lowest BCUT2D eigenvalue weighted by Gasteiger charge is -2.22. The van der Waals surface area contributed by atoms with Crippen LogP contribution in [0, 0.1) is 5.92 Å². The lowest BCUT2D eigenvalue weighted by molar-refractivity contribution is -0.130. The van der Waals surface area contributed by atoms with E-state index in [0.29, 0.717) is 19.1 Å². The lowest BCUT2D eigenvalue weighted by Crippen LogP contribution is -2.38. The number of fused-ring (bicyclic) bond motifs is 2. The molecule has 1 aliphatic carbocycles. The highest BCUT2D eigenvalue weighted by Crippen LogP contribution is 2.31. The largest absolute Gasteiger partial charge is 0.334 e. The standard InChI is InChI=1S/C8H12N2O/c9-3-4-10-7-2-1-6(5-7)8(10)11/h1-2,6-7H,3-5,9H2/t6-,7?/m1/s1. The van der Waals surface area contributed by atoms with Gasteiger partial charge >= 0.3 is 0 Å². The van der Waals surface area contributed by atoms with E-state index < -0.39 is 0 Å². The highest BCUT2D eigenvalue weighted by molar-refractivity contribution is 5.85. The molecule has 3 nitrogen and oxygen atoms in total. The molecule has 1 aliphatic heterocycles. The van der Waals surface area contributed by atoms with Gasteiger partial charge in [-0.05, 0) is 6.42 Å². The molecule has 60 valence electrons. The molecule has 2 bridgehead atoms. The first-order valence-electron chi connectivity index (χ1n) is 4.02. The Morgan fingerprint density at radius 1 is 1.64 bits per heavy atom. The number of carbonyl (C=O) groups is 1. The van der Waals surface area contributed by atoms with Crippen molar-refractivity contribution in [2.75, 3.05) is 13.1 Å². The maximum Gasteiger partial charge on any atom is 0.230 e. The van der Waals surface area contributed by atoms with E-state index in [4.69, 9.17) is 5.73 Å². The maximum atomic E-state index is 11.4. The summed E-state index contributed by atoms with van der Waals surface area (Å²) in [5, 5.41) is 0. The van der Waals surface area contributed by atoms with Crippen LogP contribution in [0.25, 0.3) is 0 Å². The molecule has 1 heterocycles. The maximum absolute atomic E-state index is 11.4. The van der Waals surface area contributed by atoms with Crippen molar-refractivity contribution in [2.24, 2.45) is 11.7 Å². The Bertz CT molecular complexity index is 212. The molecule has 1 fully saturated rings. The fraction of sp³-hybridized carbons (Fsp3) is 0.625. The van der Waals surface area contributed by atoms with Gasteiger partial charge in [-0.25, -0.2) is 0 Å². The van der Waals surface area contributed by atoms with Gasteiger partial charge in [0.2, 0.25) is 5.91 Å². The quantitative estimate of drug-likeness (QED) is 0.554. The molecule has 2 aliphatic rings. The molecule has 1 amide bonds. The van der Waals surface area contributed by atoms with Crippen molar-refractivity contribution in [1.82, 2.24) is 4.90 Å². The molecular formula is C8H12N2O. The lowest BCUT2D eigenvalue weighted by atomic mass is 10.1. The van der Waals surface area contributed by atoms with Crippen molar-refractivity contribution in [3.05, 3.63) is 12.2 Å². The van der Waals surface area contributed by atoms with Crippen LogP contribution in [-0.4, -0.2) is 29.9 Å². The van der Waals surface area contributed by atoms with Gasteiger partial charge in [-0.1, -0.05) is 12.2 Å². The first-order valence-corrected chi connectivity index (χ1v) is 4.02. The molecule has 0 radical (unpaired) electrons. The summed E-state index contributed by atoms with van der Waals surface area (Å²) in [6.45, 7) is 1.28. The molecular weight excluding hydrogens is 140 g/mol. The van der Waals surface area contributed by atoms with E-state index in [-0.39, 0.29) is 11.8 Å². The fourth-order valence-corrected chi connectivity index (χ4v) is 1.89. The van der Waals surface area contributed by atoms with E-state index in [1.54, 1.807) is 0 Å². The molecule has 1 saturated heterocycles. The van der Waals surface area contributed by atoms with Crippen LogP contribution in [0.4, 0.5) is 0 Å². The van der Waals surface area contributed by atoms with Crippen LogP contribution in [0.3, 0.4) is 0 Å². The van der Waals surface area contributed by atoms with Gasteiger partial charge in [0.05, 0.1) is 12.0 Å². The van der Waals surface area contributed by atoms with Gasteiger partial charge in [-0.3, -0.25) is 4.79 Å². The van der Waals surface area contributed by atoms with Crippen LogP contribution in [0.2, 0.25) is 0 Å². The highest BCUT2D eigenvalue weighted by Gasteiger charge is 2.39. The van der Waals surface area contributed by atoms with Crippen LogP contribution >= 0.6 is 0 Å². The summed E-state index contributed by atoms with van der Waals surface area (Å²) in [6, 6.07) is 0.357. The summed E-state index contributed by atoms with van der Waals surface area (Å²) in [5.41, 5.74) is 5.38. The van der Waals surface area contributed by atoms with Crippen LogP contribution in [0.1, 0.15) is 6.42 Å². The summed E-state index contributed by atoms with van der Waals surface area (Å²) in [7, 11) is 0. The summed E-state index contributed by atoms with van der Waals surface area (Å²) in [6.07, 6.45) is 5.11. The smallest absolute Gasteiger partial charge is 0.230 e. The molecule has 2 N–H and O–H groups in total. The molecule has 2 atom stereocenters. The predicted molar refractivity (Wildman–Crippen MR) is 41.8 cm³/mol. The van der Waals surface area contributed by atoms with Gasteiger partial charge in [0.25, 0.3) is 0 Å². The molecule has 1 unspecified atom stereocenters. The third-order valence-corrected chi connectivity index (χ3v) is 2.43. The third kappa shape index (κ3) is 0.878. The minimum atomic E-state index is 0.173. The Morgan fingerprint density at radius 3 is 3.00 bits per heavy atom. The number of carbonyl (C=O) groups excluding carboxylic acids is 1. The molecule has 3 heteroatoms. The molecule has 0 aromatic carbocycles. The fourth-order valence-electron chi connectivity index (χ4n) is 1.89. The molecule has 2 rings (SSSR count). The average molecular weight is 152 g/mol. The van der Waals surface area contributed by atoms with Crippen molar-refractivity contribution >= 4 is 5.91 Å². The zero-order valence-corrected chi connectivity index (χ0v) is 6.36. The van der Waals surface area contributed by atoms with Crippen molar-refractivity contribution < 1.29 is 4.79 Å². The predicted octanol–water partition coefficient (Wildman–Crippen LogP) is -0.268. The molecule has 0 aromatic heterocycles. The van der Waals surface area contributed by atoms with Gasteiger partial charge in [0.1, 0.15) is 0 Å². The van der Waals surface area contributed by atoms with Crippen LogP contribution in [0.5, 0.6) is 0 Å². The minimum Gasteiger partial charge on any atom is -0.334 e. The van der Waals surface area contributed by atoms with E-state index in [9.17, 15) is 4.79 Å². The number of hydrogen-bond acceptors (Lipinski definition) is 2. The second-order valence-electron chi connectivity index (χ2n) is 3.11. The Balaban J connectivity index is 2.12. The number of hydrogen-bond donors (Lipinski definition) is 1. The van der Waals surface area contributed by atoms with Gasteiger partial charge in [0.15, 0.2) is 0 Å². The molecule has 0 spiro atoms. The number of nitrogens with zero attached hydrogens (tertiary/aromatic N) is 1. The van der Waals surface area contributed by atoms with Gasteiger partial charge in [0, 0.05) is 13.1 Å². The normalized spacial score (nSPS) is 33.9. The van der Waals surface area contributed by atoms with Crippen molar-refractivity contribution in [1.29, 1.82) is 0 Å². The van der Waals surface area contributed by atoms with Crippen molar-refractivity contribution in [3.63, 3.8) is 0 Å². The SMILES string of the molecule is NCCN1C(=O)[C@@H]2C=CC1C2. The van der Waals surface area contributed by atoms with Gasteiger partial charge < -0.3 is 10.6 Å². The summed E-state index contributed by atoms with van der Waals surface area (Å²) in [4.78, 5) is 13.3. The van der Waals surface area contributed by atoms with E-state index >= 15 is 0 Å². The van der Waals surface area contributed by atoms with Crippen LogP contribution in [-0.2, 0) is 4.79 Å². The summed E-state index contributed by atoms with van der Waals surface area (Å²) in [5.74, 6) is 0.439. The molecule has 0 aromatic rings. The number of nitrogens with two attached hydrogens (primary N) is 1. The third-order valence-electron chi connectivity index (χ3n) is 2.43. The van der Waals surface area contributed by atoms with E-state index in [2.05, 4.69) is 6.08 Å². The topological polar surface area (TPSA) is 46.3 Å². The summed E-state index contributed by atoms with van der Waals surface area (Å²) >= 11 is 0. The zero-order chi connectivity index (χ0) is 7.84. The first-order chi connectivity index (χ1) is 5.33. The van der Waals surface area contributed by atoms with E-state index in [1.807, 2.05) is 11.0 Å². The number of likely N-dealkylation sites (tertiary alicyclic amines) is 1. The Hall–Kier alpha value is -0.830. The second kappa shape index (κ2) is 2.34. The highest BCUT2D eigenvalue weighted by atomic mass is 16.2. The average Bonchev–Trinajstić information content (AvgIpc) is 2.54. The number of rotatable bonds is 2. The molecule has 0 saturated carbocycles. The Morgan fingerprint density at radius 2 is 2.45 bits per heavy atom. The monoisotopic (exact) mass is 152 g/mol. The van der Waals surface area contributed by atoms with Crippen LogP contribution < -0.4 is 5.73 Å². The Kier molecular flexibility index (Phi) is 1.46. The van der Waals surface area contributed by atoms with E-state index in [0.717, 1.165) is 6.42 Å². The summed E-state index contributed by atoms with van der Waals surface area (Å²) < 4.78 is 0.